The Kier molecular flexibility index (Phi) is 6.03. The SMILES string of the molecule is CCOC(=O)C1=C2C[C@H](NS(=O)(=O)C3CC3)CN2C(c2nccs2)=N[C@H]1c1ccc(F)cc1C. The molecule has 11 heteroatoms. The van der Waals surface area contributed by atoms with Crippen molar-refractivity contribution in [3.8, 4) is 0 Å². The summed E-state index contributed by atoms with van der Waals surface area (Å²) in [6.45, 7) is 4.02. The molecular formula is C23H25FN4O4S2. The summed E-state index contributed by atoms with van der Waals surface area (Å²) < 4.78 is 47.4. The fraction of sp³-hybridized carbons (Fsp3) is 0.435. The van der Waals surface area contributed by atoms with Crippen LogP contribution in [0.3, 0.4) is 0 Å². The van der Waals surface area contributed by atoms with Crippen LogP contribution >= 0.6 is 11.3 Å². The van der Waals surface area contributed by atoms with Crippen molar-refractivity contribution in [3.63, 3.8) is 0 Å². The predicted molar refractivity (Wildman–Crippen MR) is 126 cm³/mol. The number of sulfonamides is 1. The van der Waals surface area contributed by atoms with Gasteiger partial charge in [-0.1, -0.05) is 6.07 Å². The summed E-state index contributed by atoms with van der Waals surface area (Å²) in [7, 11) is -3.42. The molecule has 0 bridgehead atoms. The summed E-state index contributed by atoms with van der Waals surface area (Å²) in [5.41, 5.74) is 2.36. The number of esters is 1. The topological polar surface area (TPSA) is 101 Å². The average molecular weight is 505 g/mol. The van der Waals surface area contributed by atoms with Crippen molar-refractivity contribution in [1.29, 1.82) is 0 Å². The summed E-state index contributed by atoms with van der Waals surface area (Å²) >= 11 is 1.41. The van der Waals surface area contributed by atoms with Crippen LogP contribution < -0.4 is 4.72 Å². The number of ether oxygens (including phenoxy) is 1. The minimum Gasteiger partial charge on any atom is -0.463 e. The van der Waals surface area contributed by atoms with E-state index in [2.05, 4.69) is 9.71 Å². The number of halogens is 1. The lowest BCUT2D eigenvalue weighted by molar-refractivity contribution is -0.139. The molecule has 8 nitrogen and oxygen atoms in total. The molecule has 2 aliphatic heterocycles. The number of carbonyl (C=O) groups excluding carboxylic acids is 1. The number of carbonyl (C=O) groups is 1. The largest absolute Gasteiger partial charge is 0.463 e. The molecule has 2 atom stereocenters. The molecule has 0 spiro atoms. The smallest absolute Gasteiger partial charge is 0.338 e. The quantitative estimate of drug-likeness (QED) is 0.582. The Morgan fingerprint density at radius 1 is 1.35 bits per heavy atom. The fourth-order valence-electron chi connectivity index (χ4n) is 4.52. The molecule has 1 aromatic heterocycles. The minimum absolute atomic E-state index is 0.186. The number of thiazole rings is 1. The second-order valence-electron chi connectivity index (χ2n) is 8.65. The monoisotopic (exact) mass is 504 g/mol. The van der Waals surface area contributed by atoms with E-state index in [9.17, 15) is 17.6 Å². The van der Waals surface area contributed by atoms with Gasteiger partial charge in [0, 0.05) is 36.3 Å². The highest BCUT2D eigenvalue weighted by Gasteiger charge is 2.45. The van der Waals surface area contributed by atoms with E-state index in [0.717, 1.165) is 0 Å². The van der Waals surface area contributed by atoms with Crippen LogP contribution in [0.15, 0.2) is 46.0 Å². The van der Waals surface area contributed by atoms with Gasteiger partial charge in [0.2, 0.25) is 10.0 Å². The van der Waals surface area contributed by atoms with E-state index in [4.69, 9.17) is 9.73 Å². The van der Waals surface area contributed by atoms with Crippen molar-refractivity contribution in [1.82, 2.24) is 14.6 Å². The molecule has 3 heterocycles. The Morgan fingerprint density at radius 3 is 2.79 bits per heavy atom. The standard InChI is InChI=1S/C23H25FN4O4S2/c1-3-32-23(29)19-18-11-15(27-34(30,31)16-5-6-16)12-28(18)21(22-25-8-9-33-22)26-20(19)17-7-4-14(24)10-13(17)2/h4,7-10,15-16,20,27H,3,5-6,11-12H2,1-2H3/t15-,20-/m0/s1. The second-order valence-corrected chi connectivity index (χ2v) is 11.5. The van der Waals surface area contributed by atoms with Gasteiger partial charge in [-0.3, -0.25) is 4.99 Å². The van der Waals surface area contributed by atoms with E-state index >= 15 is 0 Å². The molecule has 34 heavy (non-hydrogen) atoms. The third-order valence-corrected chi connectivity index (χ3v) is 8.98. The van der Waals surface area contributed by atoms with E-state index in [1.807, 2.05) is 10.3 Å². The fourth-order valence-corrected chi connectivity index (χ4v) is 6.73. The lowest BCUT2D eigenvalue weighted by Crippen LogP contribution is -2.40. The Labute approximate surface area is 201 Å². The van der Waals surface area contributed by atoms with Gasteiger partial charge in [-0.25, -0.2) is 27.3 Å². The molecule has 1 aromatic carbocycles. The van der Waals surface area contributed by atoms with Crippen molar-refractivity contribution in [3.05, 3.63) is 63.0 Å². The van der Waals surface area contributed by atoms with E-state index in [0.29, 0.717) is 59.0 Å². The third-order valence-electron chi connectivity index (χ3n) is 6.20. The molecule has 1 N–H and O–H groups in total. The number of aryl methyl sites for hydroxylation is 1. The normalized spacial score (nSPS) is 22.6. The van der Waals surface area contributed by atoms with E-state index in [1.54, 1.807) is 26.1 Å². The van der Waals surface area contributed by atoms with E-state index in [-0.39, 0.29) is 17.7 Å². The highest BCUT2D eigenvalue weighted by atomic mass is 32.2. The van der Waals surface area contributed by atoms with Crippen LogP contribution in [-0.2, 0) is 19.6 Å². The molecule has 0 radical (unpaired) electrons. The number of rotatable bonds is 7. The van der Waals surface area contributed by atoms with Gasteiger partial charge in [0.15, 0.2) is 10.8 Å². The molecular weight excluding hydrogens is 479 g/mol. The molecule has 1 aliphatic carbocycles. The number of nitrogens with zero attached hydrogens (tertiary/aromatic N) is 3. The van der Waals surface area contributed by atoms with Gasteiger partial charge < -0.3 is 9.64 Å². The highest BCUT2D eigenvalue weighted by molar-refractivity contribution is 7.90. The zero-order valence-electron chi connectivity index (χ0n) is 18.8. The third kappa shape index (κ3) is 4.27. The maximum atomic E-state index is 13.9. The van der Waals surface area contributed by atoms with Crippen molar-refractivity contribution in [2.24, 2.45) is 4.99 Å². The van der Waals surface area contributed by atoms with Gasteiger partial charge >= 0.3 is 5.97 Å². The zero-order chi connectivity index (χ0) is 24.0. The van der Waals surface area contributed by atoms with Crippen molar-refractivity contribution >= 4 is 33.2 Å². The Balaban J connectivity index is 1.62. The van der Waals surface area contributed by atoms with E-state index < -0.39 is 28.1 Å². The Hall–Kier alpha value is -2.63. The average Bonchev–Trinajstić information content (AvgIpc) is 3.36. The first-order valence-electron chi connectivity index (χ1n) is 11.2. The molecule has 1 saturated heterocycles. The van der Waals surface area contributed by atoms with Crippen molar-refractivity contribution in [2.45, 2.75) is 50.4 Å². The van der Waals surface area contributed by atoms with Crippen molar-refractivity contribution < 1.29 is 22.3 Å². The van der Waals surface area contributed by atoms with Crippen LogP contribution in [0.5, 0.6) is 0 Å². The molecule has 2 fully saturated rings. The van der Waals surface area contributed by atoms with Crippen LogP contribution in [0.2, 0.25) is 0 Å². The molecule has 5 rings (SSSR count). The maximum absolute atomic E-state index is 13.9. The number of benzene rings is 1. The first-order valence-corrected chi connectivity index (χ1v) is 13.6. The number of aliphatic imine (C=N–C) groups is 1. The molecule has 180 valence electrons. The number of hydrogen-bond donors (Lipinski definition) is 1. The van der Waals surface area contributed by atoms with Crippen LogP contribution in [0, 0.1) is 12.7 Å². The molecule has 0 unspecified atom stereocenters. The van der Waals surface area contributed by atoms with Gasteiger partial charge in [0.25, 0.3) is 0 Å². The first kappa shape index (κ1) is 23.1. The molecule has 3 aliphatic rings. The first-order chi connectivity index (χ1) is 16.3. The molecule has 1 saturated carbocycles. The van der Waals surface area contributed by atoms with Gasteiger partial charge in [0.1, 0.15) is 11.9 Å². The Bertz CT molecular complexity index is 1290. The van der Waals surface area contributed by atoms with Crippen LogP contribution in [-0.4, -0.2) is 54.6 Å². The number of aromatic nitrogens is 1. The minimum atomic E-state index is -3.42. The summed E-state index contributed by atoms with van der Waals surface area (Å²) in [5.74, 6) is -0.313. The molecule has 2 aromatic rings. The lowest BCUT2D eigenvalue weighted by atomic mass is 9.91. The van der Waals surface area contributed by atoms with Gasteiger partial charge in [0.05, 0.1) is 17.4 Å². The lowest BCUT2D eigenvalue weighted by Gasteiger charge is -2.32. The van der Waals surface area contributed by atoms with Crippen LogP contribution in [0.1, 0.15) is 48.4 Å². The predicted octanol–water partition coefficient (Wildman–Crippen LogP) is 3.07. The number of amidine groups is 1. The van der Waals surface area contributed by atoms with E-state index in [1.165, 1.54) is 23.5 Å². The summed E-state index contributed by atoms with van der Waals surface area (Å²) in [6, 6.07) is 3.26. The molecule has 0 amide bonds. The number of fused-ring (bicyclic) bond motifs is 1. The van der Waals surface area contributed by atoms with Gasteiger partial charge in [-0.15, -0.1) is 11.3 Å². The van der Waals surface area contributed by atoms with Crippen LogP contribution in [0.25, 0.3) is 0 Å². The second kappa shape index (κ2) is 8.86. The Morgan fingerprint density at radius 2 is 2.15 bits per heavy atom. The summed E-state index contributed by atoms with van der Waals surface area (Å²) in [5, 5.41) is 2.16. The summed E-state index contributed by atoms with van der Waals surface area (Å²) in [4.78, 5) is 24.4. The summed E-state index contributed by atoms with van der Waals surface area (Å²) in [6.07, 6.45) is 3.33. The maximum Gasteiger partial charge on any atom is 0.338 e. The van der Waals surface area contributed by atoms with Crippen LogP contribution in [0.4, 0.5) is 4.39 Å². The highest BCUT2D eigenvalue weighted by Crippen LogP contribution is 2.42. The van der Waals surface area contributed by atoms with Gasteiger partial charge in [-0.2, -0.15) is 0 Å². The van der Waals surface area contributed by atoms with Crippen molar-refractivity contribution in [2.75, 3.05) is 13.2 Å². The number of nitrogens with one attached hydrogen (secondary N) is 1. The zero-order valence-corrected chi connectivity index (χ0v) is 20.5. The van der Waals surface area contributed by atoms with Gasteiger partial charge in [-0.05, 0) is 49.9 Å². The number of hydrogen-bond acceptors (Lipinski definition) is 8.